The van der Waals surface area contributed by atoms with Crippen molar-refractivity contribution >= 4 is 46.0 Å². The minimum Gasteiger partial charge on any atom is -0.863 e. The fourth-order valence-corrected chi connectivity index (χ4v) is 3.99. The molecule has 1 aliphatic rings. The second-order valence-electron chi connectivity index (χ2n) is 7.60. The number of benzene rings is 2. The second kappa shape index (κ2) is 13.6. The van der Waals surface area contributed by atoms with E-state index in [0.717, 1.165) is 19.6 Å². The van der Waals surface area contributed by atoms with E-state index in [4.69, 9.17) is 23.2 Å². The van der Waals surface area contributed by atoms with Gasteiger partial charge in [0.15, 0.2) is 0 Å². The van der Waals surface area contributed by atoms with E-state index >= 15 is 0 Å². The zero-order chi connectivity index (χ0) is 26.0. The molecule has 3 rings (SSSR count). The van der Waals surface area contributed by atoms with Crippen LogP contribution >= 0.6 is 23.2 Å². The number of alkyl halides is 2. The average molecular weight is 529 g/mol. The highest BCUT2D eigenvalue weighted by atomic mass is 35.5. The van der Waals surface area contributed by atoms with Crippen molar-refractivity contribution in [3.63, 3.8) is 0 Å². The first-order chi connectivity index (χ1) is 16.7. The molecule has 0 radical (unpaired) electrons. The van der Waals surface area contributed by atoms with Gasteiger partial charge in [0.1, 0.15) is 0 Å². The molecule has 0 N–H and O–H groups in total. The lowest BCUT2D eigenvalue weighted by atomic mass is 10.1. The maximum Gasteiger partial charge on any atom is 0.283 e. The second-order valence-corrected chi connectivity index (χ2v) is 8.36. The highest BCUT2D eigenvalue weighted by molar-refractivity contribution is 6.18. The molecule has 0 saturated carbocycles. The molecule has 190 valence electrons. The van der Waals surface area contributed by atoms with Crippen LogP contribution in [0.3, 0.4) is 0 Å². The van der Waals surface area contributed by atoms with E-state index in [-0.39, 0.29) is 0 Å². The van der Waals surface area contributed by atoms with E-state index < -0.39 is 37.6 Å². The lowest BCUT2D eigenvalue weighted by Crippen LogP contribution is -2.27. The summed E-state index contributed by atoms with van der Waals surface area (Å²) in [6.07, 6.45) is 2.68. The van der Waals surface area contributed by atoms with Crippen molar-refractivity contribution in [2.24, 2.45) is 0 Å². The Morgan fingerprint density at radius 1 is 0.857 bits per heavy atom. The molecule has 0 aromatic heterocycles. The van der Waals surface area contributed by atoms with Crippen molar-refractivity contribution < 1.29 is 19.9 Å². The average Bonchev–Trinajstić information content (AvgIpc) is 3.32. The Morgan fingerprint density at radius 3 is 1.86 bits per heavy atom. The first-order valence-electron chi connectivity index (χ1n) is 10.6. The van der Waals surface area contributed by atoms with E-state index in [1.807, 2.05) is 0 Å². The molecule has 0 aliphatic carbocycles. The number of nitro groups is 3. The topological polar surface area (TPSA) is 159 Å². The van der Waals surface area contributed by atoms with Crippen LogP contribution in [0.5, 0.6) is 5.75 Å². The van der Waals surface area contributed by atoms with Gasteiger partial charge in [0.05, 0.1) is 32.7 Å². The van der Waals surface area contributed by atoms with E-state index in [0.29, 0.717) is 23.9 Å². The molecule has 2 aromatic rings. The number of rotatable bonds is 10. The molecule has 12 nitrogen and oxygen atoms in total. The summed E-state index contributed by atoms with van der Waals surface area (Å²) in [4.78, 5) is 32.3. The number of anilines is 1. The zero-order valence-electron chi connectivity index (χ0n) is 18.7. The molecule has 2 aromatic carbocycles. The Balaban J connectivity index is 0.000000251. The molecule has 0 atom stereocenters. The SMILES string of the molecule is ClCCN(CCCl)c1cccc(CN2CCCC2)c1.O=[N+]([O-])c1cc([N+](=O)[O-])c([O-])c([N+](=O)[O-])c1. The van der Waals surface area contributed by atoms with Crippen LogP contribution in [0, 0.1) is 30.3 Å². The number of hydrogen-bond donors (Lipinski definition) is 0. The molecular weight excluding hydrogens is 505 g/mol. The predicted octanol–water partition coefficient (Wildman–Crippen LogP) is 4.05. The number of non-ortho nitro benzene ring substituents is 1. The highest BCUT2D eigenvalue weighted by Gasteiger charge is 2.24. The zero-order valence-corrected chi connectivity index (χ0v) is 20.2. The quantitative estimate of drug-likeness (QED) is 0.251. The van der Waals surface area contributed by atoms with Crippen molar-refractivity contribution in [3.8, 4) is 5.75 Å². The summed E-state index contributed by atoms with van der Waals surface area (Å²) in [6.45, 7) is 5.22. The van der Waals surface area contributed by atoms with Crippen LogP contribution in [0.15, 0.2) is 36.4 Å². The first kappa shape index (κ1) is 28.0. The first-order valence-corrected chi connectivity index (χ1v) is 11.7. The van der Waals surface area contributed by atoms with E-state index in [2.05, 4.69) is 34.1 Å². The Morgan fingerprint density at radius 2 is 1.40 bits per heavy atom. The summed E-state index contributed by atoms with van der Waals surface area (Å²) in [5, 5.41) is 42.1. The van der Waals surface area contributed by atoms with Crippen molar-refractivity contribution in [3.05, 3.63) is 72.3 Å². The van der Waals surface area contributed by atoms with Crippen LogP contribution in [0.25, 0.3) is 0 Å². The Kier molecular flexibility index (Phi) is 10.9. The van der Waals surface area contributed by atoms with Crippen LogP contribution in [-0.4, -0.2) is 57.6 Å². The third-order valence-electron chi connectivity index (χ3n) is 5.23. The third-order valence-corrected chi connectivity index (χ3v) is 5.57. The Labute approximate surface area is 211 Å². The molecule has 1 fully saturated rings. The summed E-state index contributed by atoms with van der Waals surface area (Å²) in [6, 6.07) is 9.53. The number of halogens is 2. The van der Waals surface area contributed by atoms with Gasteiger partial charge in [0, 0.05) is 37.1 Å². The van der Waals surface area contributed by atoms with Crippen molar-refractivity contribution in [2.45, 2.75) is 19.4 Å². The van der Waals surface area contributed by atoms with Gasteiger partial charge in [-0.3, -0.25) is 35.2 Å². The summed E-state index contributed by atoms with van der Waals surface area (Å²) in [5.74, 6) is -0.193. The number of likely N-dealkylation sites (tertiary alicyclic amines) is 1. The van der Waals surface area contributed by atoms with Gasteiger partial charge in [0.2, 0.25) is 0 Å². The summed E-state index contributed by atoms with van der Waals surface area (Å²) in [5.41, 5.74) is -0.647. The van der Waals surface area contributed by atoms with Gasteiger partial charge in [-0.2, -0.15) is 0 Å². The lowest BCUT2D eigenvalue weighted by molar-refractivity contribution is -0.420. The lowest BCUT2D eigenvalue weighted by Gasteiger charge is -2.24. The van der Waals surface area contributed by atoms with Gasteiger partial charge in [-0.1, -0.05) is 12.1 Å². The Bertz CT molecular complexity index is 1010. The smallest absolute Gasteiger partial charge is 0.283 e. The molecule has 0 bridgehead atoms. The molecule has 0 spiro atoms. The highest BCUT2D eigenvalue weighted by Crippen LogP contribution is 2.36. The Hall–Kier alpha value is -3.22. The molecule has 1 heterocycles. The number of nitro benzene ring substituents is 3. The fourth-order valence-electron chi connectivity index (χ4n) is 3.59. The van der Waals surface area contributed by atoms with Gasteiger partial charge in [-0.05, 0) is 43.6 Å². The molecule has 1 aliphatic heterocycles. The van der Waals surface area contributed by atoms with E-state index in [9.17, 15) is 35.4 Å². The van der Waals surface area contributed by atoms with Crippen molar-refractivity contribution in [1.29, 1.82) is 0 Å². The summed E-state index contributed by atoms with van der Waals surface area (Å²) >= 11 is 11.7. The minimum atomic E-state index is -1.46. The number of hydrogen-bond acceptors (Lipinski definition) is 9. The van der Waals surface area contributed by atoms with E-state index in [1.54, 1.807) is 0 Å². The molecule has 1 saturated heterocycles. The monoisotopic (exact) mass is 528 g/mol. The van der Waals surface area contributed by atoms with E-state index in [1.165, 1.54) is 37.2 Å². The van der Waals surface area contributed by atoms with Gasteiger partial charge in [-0.15, -0.1) is 23.2 Å². The molecule has 0 unspecified atom stereocenters. The summed E-state index contributed by atoms with van der Waals surface area (Å²) < 4.78 is 0. The third kappa shape index (κ3) is 8.19. The van der Waals surface area contributed by atoms with Crippen LogP contribution in [0.1, 0.15) is 18.4 Å². The molecular formula is C21H24Cl2N5O7-. The standard InChI is InChI=1S/C15H22Cl2N2.C6H3N3O7/c16-6-10-19(11-7-17)15-5-3-4-14(12-15)13-18-8-1-2-9-18;10-6-4(8(13)14)1-3(7(11)12)2-5(6)9(15)16/h3-5,12H,1-2,6-11,13H2;1-2,10H/p-1. The van der Waals surface area contributed by atoms with Gasteiger partial charge in [-0.25, -0.2) is 0 Å². The minimum absolute atomic E-state index is 0.384. The molecule has 0 amide bonds. The molecule has 35 heavy (non-hydrogen) atoms. The van der Waals surface area contributed by atoms with Crippen LogP contribution in [-0.2, 0) is 6.54 Å². The maximum absolute atomic E-state index is 11.1. The van der Waals surface area contributed by atoms with Crippen molar-refractivity contribution in [1.82, 2.24) is 4.90 Å². The van der Waals surface area contributed by atoms with Crippen LogP contribution < -0.4 is 10.0 Å². The number of nitrogens with zero attached hydrogens (tertiary/aromatic N) is 5. The predicted molar refractivity (Wildman–Crippen MR) is 130 cm³/mol. The normalized spacial score (nSPS) is 13.1. The summed E-state index contributed by atoms with van der Waals surface area (Å²) in [7, 11) is 0. The largest absolute Gasteiger partial charge is 0.863 e. The fraction of sp³-hybridized carbons (Fsp3) is 0.429. The van der Waals surface area contributed by atoms with Crippen molar-refractivity contribution in [2.75, 3.05) is 42.8 Å². The van der Waals surface area contributed by atoms with Gasteiger partial charge >= 0.3 is 0 Å². The molecule has 14 heteroatoms. The van der Waals surface area contributed by atoms with Gasteiger partial charge in [0.25, 0.3) is 17.1 Å². The maximum atomic E-state index is 11.1. The van der Waals surface area contributed by atoms with Gasteiger partial charge < -0.3 is 10.0 Å². The van der Waals surface area contributed by atoms with Crippen LogP contribution in [0.4, 0.5) is 22.7 Å². The van der Waals surface area contributed by atoms with Crippen LogP contribution in [0.2, 0.25) is 0 Å².